The van der Waals surface area contributed by atoms with E-state index in [1.807, 2.05) is 32.2 Å². The lowest BCUT2D eigenvalue weighted by molar-refractivity contribution is 0.171. The van der Waals surface area contributed by atoms with Gasteiger partial charge in [-0.2, -0.15) is 0 Å². The predicted molar refractivity (Wildman–Crippen MR) is 80.4 cm³/mol. The summed E-state index contributed by atoms with van der Waals surface area (Å²) in [7, 11) is 1.83. The summed E-state index contributed by atoms with van der Waals surface area (Å²) in [5.74, 6) is 2.93. The number of nitrogens with zero attached hydrogens (tertiary/aromatic N) is 2. The summed E-state index contributed by atoms with van der Waals surface area (Å²) in [6, 6.07) is 5.75. The fourth-order valence-electron chi connectivity index (χ4n) is 2.04. The van der Waals surface area contributed by atoms with Crippen LogP contribution in [0.5, 0.6) is 11.5 Å². The number of halogens is 1. The van der Waals surface area contributed by atoms with Gasteiger partial charge in [0.15, 0.2) is 17.3 Å². The Labute approximate surface area is 125 Å². The van der Waals surface area contributed by atoms with Crippen LogP contribution >= 0.6 is 15.9 Å². The molecule has 6 heteroatoms. The lowest BCUT2D eigenvalue weighted by atomic mass is 10.1. The van der Waals surface area contributed by atoms with Gasteiger partial charge in [-0.15, -0.1) is 0 Å². The fraction of sp³-hybridized carbons (Fsp3) is 0.286. The Balaban J connectivity index is 2.07. The monoisotopic (exact) mass is 335 g/mol. The summed E-state index contributed by atoms with van der Waals surface area (Å²) in [5, 5.41) is 3.05. The molecule has 1 aromatic carbocycles. The molecule has 0 spiro atoms. The largest absolute Gasteiger partial charge is 0.486 e. The minimum Gasteiger partial charge on any atom is -0.486 e. The van der Waals surface area contributed by atoms with E-state index in [1.165, 1.54) is 0 Å². The molecule has 1 aliphatic heterocycles. The predicted octanol–water partition coefficient (Wildman–Crippen LogP) is 3.03. The molecule has 1 aromatic heterocycles. The molecule has 0 amide bonds. The number of fused-ring (bicyclic) bond motifs is 1. The van der Waals surface area contributed by atoms with Crippen molar-refractivity contribution in [2.75, 3.05) is 25.6 Å². The average Bonchev–Trinajstić information content (AvgIpc) is 2.49. The Morgan fingerprint density at radius 3 is 2.65 bits per heavy atom. The van der Waals surface area contributed by atoms with Gasteiger partial charge in [-0.3, -0.25) is 0 Å². The highest BCUT2D eigenvalue weighted by molar-refractivity contribution is 9.10. The fourth-order valence-corrected chi connectivity index (χ4v) is 2.41. The van der Waals surface area contributed by atoms with Crippen LogP contribution in [0.1, 0.15) is 5.69 Å². The average molecular weight is 336 g/mol. The molecule has 1 N–H and O–H groups in total. The first-order chi connectivity index (χ1) is 9.69. The standard InChI is InChI=1S/C14H14BrN3O2/c1-8-12(15)14(16-2)18-13(17-8)9-3-4-10-11(7-9)20-6-5-19-10/h3-4,7H,5-6H2,1-2H3,(H,16,17,18). The summed E-state index contributed by atoms with van der Waals surface area (Å²) < 4.78 is 12.0. The van der Waals surface area contributed by atoms with Gasteiger partial charge >= 0.3 is 0 Å². The van der Waals surface area contributed by atoms with Gasteiger partial charge in [-0.05, 0) is 41.1 Å². The van der Waals surface area contributed by atoms with Gasteiger partial charge in [0.05, 0.1) is 10.2 Å². The van der Waals surface area contributed by atoms with Crippen LogP contribution in [0.2, 0.25) is 0 Å². The van der Waals surface area contributed by atoms with Crippen LogP contribution in [0.25, 0.3) is 11.4 Å². The number of anilines is 1. The van der Waals surface area contributed by atoms with Gasteiger partial charge in [0.1, 0.15) is 19.0 Å². The molecule has 2 heterocycles. The number of nitrogens with one attached hydrogen (secondary N) is 1. The number of hydrogen-bond acceptors (Lipinski definition) is 5. The molecular formula is C14H14BrN3O2. The number of ether oxygens (including phenoxy) is 2. The first-order valence-electron chi connectivity index (χ1n) is 6.31. The maximum atomic E-state index is 5.59. The van der Waals surface area contributed by atoms with Crippen LogP contribution in [0, 0.1) is 6.92 Å². The van der Waals surface area contributed by atoms with Crippen LogP contribution in [0.15, 0.2) is 22.7 Å². The summed E-state index contributed by atoms with van der Waals surface area (Å²) >= 11 is 3.47. The molecule has 3 rings (SSSR count). The highest BCUT2D eigenvalue weighted by Gasteiger charge is 2.15. The number of hydrogen-bond donors (Lipinski definition) is 1. The van der Waals surface area contributed by atoms with Gasteiger partial charge < -0.3 is 14.8 Å². The topological polar surface area (TPSA) is 56.3 Å². The first-order valence-corrected chi connectivity index (χ1v) is 7.10. The van der Waals surface area contributed by atoms with Gasteiger partial charge in [-0.1, -0.05) is 0 Å². The van der Waals surface area contributed by atoms with Crippen LogP contribution in [-0.4, -0.2) is 30.2 Å². The van der Waals surface area contributed by atoms with Crippen molar-refractivity contribution in [3.8, 4) is 22.9 Å². The second-order valence-corrected chi connectivity index (χ2v) is 5.20. The molecule has 0 saturated carbocycles. The van der Waals surface area contributed by atoms with E-state index in [4.69, 9.17) is 9.47 Å². The van der Waals surface area contributed by atoms with E-state index < -0.39 is 0 Å². The van der Waals surface area contributed by atoms with Crippen LogP contribution in [0.3, 0.4) is 0 Å². The molecule has 5 nitrogen and oxygen atoms in total. The molecule has 0 aliphatic carbocycles. The van der Waals surface area contributed by atoms with Gasteiger partial charge in [0.25, 0.3) is 0 Å². The third kappa shape index (κ3) is 2.31. The van der Waals surface area contributed by atoms with E-state index in [0.29, 0.717) is 19.0 Å². The van der Waals surface area contributed by atoms with Crippen molar-refractivity contribution in [2.24, 2.45) is 0 Å². The van der Waals surface area contributed by atoms with Crippen LogP contribution in [0.4, 0.5) is 5.82 Å². The zero-order valence-electron chi connectivity index (χ0n) is 11.2. The Morgan fingerprint density at radius 2 is 1.90 bits per heavy atom. The first kappa shape index (κ1) is 13.2. The molecule has 104 valence electrons. The molecule has 2 aromatic rings. The van der Waals surface area contributed by atoms with Gasteiger partial charge in [0.2, 0.25) is 0 Å². The number of aromatic nitrogens is 2. The normalized spacial score (nSPS) is 13.2. The molecule has 0 unspecified atom stereocenters. The van der Waals surface area contributed by atoms with E-state index in [9.17, 15) is 0 Å². The molecule has 20 heavy (non-hydrogen) atoms. The molecule has 1 aliphatic rings. The SMILES string of the molecule is CNc1nc(-c2ccc3c(c2)OCCO3)nc(C)c1Br. The number of rotatable bonds is 2. The highest BCUT2D eigenvalue weighted by Crippen LogP contribution is 2.34. The minimum absolute atomic E-state index is 0.568. The molecule has 0 atom stereocenters. The summed E-state index contributed by atoms with van der Waals surface area (Å²) in [4.78, 5) is 9.01. The van der Waals surface area contributed by atoms with Gasteiger partial charge in [-0.25, -0.2) is 9.97 Å². The Kier molecular flexibility index (Phi) is 3.48. The van der Waals surface area contributed by atoms with Crippen LogP contribution in [-0.2, 0) is 0 Å². The summed E-state index contributed by atoms with van der Waals surface area (Å²) in [5.41, 5.74) is 1.79. The molecule has 0 fully saturated rings. The zero-order valence-corrected chi connectivity index (χ0v) is 12.8. The lowest BCUT2D eigenvalue weighted by Crippen LogP contribution is -2.15. The third-order valence-electron chi connectivity index (χ3n) is 3.05. The number of benzene rings is 1. The van der Waals surface area contributed by atoms with E-state index in [2.05, 4.69) is 31.2 Å². The summed E-state index contributed by atoms with van der Waals surface area (Å²) in [6.45, 7) is 3.09. The number of aryl methyl sites for hydroxylation is 1. The maximum absolute atomic E-state index is 5.59. The van der Waals surface area contributed by atoms with E-state index in [-0.39, 0.29) is 0 Å². The maximum Gasteiger partial charge on any atom is 0.162 e. The lowest BCUT2D eigenvalue weighted by Gasteiger charge is -2.18. The van der Waals surface area contributed by atoms with Crippen molar-refractivity contribution in [2.45, 2.75) is 6.92 Å². The Hall–Kier alpha value is -1.82. The van der Waals surface area contributed by atoms with Gasteiger partial charge in [0, 0.05) is 12.6 Å². The highest BCUT2D eigenvalue weighted by atomic mass is 79.9. The van der Waals surface area contributed by atoms with Crippen molar-refractivity contribution in [1.29, 1.82) is 0 Å². The van der Waals surface area contributed by atoms with E-state index in [0.717, 1.165) is 33.0 Å². The van der Waals surface area contributed by atoms with E-state index >= 15 is 0 Å². The molecule has 0 bridgehead atoms. The molecule has 0 saturated heterocycles. The third-order valence-corrected chi connectivity index (χ3v) is 4.00. The van der Waals surface area contributed by atoms with Crippen molar-refractivity contribution >= 4 is 21.7 Å². The second-order valence-electron chi connectivity index (χ2n) is 4.40. The smallest absolute Gasteiger partial charge is 0.162 e. The van der Waals surface area contributed by atoms with Crippen molar-refractivity contribution in [1.82, 2.24) is 9.97 Å². The van der Waals surface area contributed by atoms with Crippen molar-refractivity contribution in [3.63, 3.8) is 0 Å². The van der Waals surface area contributed by atoms with Crippen molar-refractivity contribution in [3.05, 3.63) is 28.4 Å². The second kappa shape index (κ2) is 5.28. The Morgan fingerprint density at radius 1 is 1.15 bits per heavy atom. The summed E-state index contributed by atoms with van der Waals surface area (Å²) in [6.07, 6.45) is 0. The van der Waals surface area contributed by atoms with E-state index in [1.54, 1.807) is 0 Å². The zero-order chi connectivity index (χ0) is 14.1. The Bertz CT molecular complexity index is 661. The van der Waals surface area contributed by atoms with Crippen molar-refractivity contribution < 1.29 is 9.47 Å². The minimum atomic E-state index is 0.568. The quantitative estimate of drug-likeness (QED) is 0.914. The molecular weight excluding hydrogens is 322 g/mol. The van der Waals surface area contributed by atoms with Crippen LogP contribution < -0.4 is 14.8 Å². The molecule has 0 radical (unpaired) electrons.